The Balaban J connectivity index is 2.04. The van der Waals surface area contributed by atoms with Crippen molar-refractivity contribution in [1.29, 1.82) is 0 Å². The first-order valence-corrected chi connectivity index (χ1v) is 8.19. The Morgan fingerprint density at radius 3 is 2.89 bits per heavy atom. The van der Waals surface area contributed by atoms with E-state index >= 15 is 0 Å². The first kappa shape index (κ1) is 14.1. The average Bonchev–Trinajstić information content (AvgIpc) is 2.89. The third kappa shape index (κ3) is 3.84. The molecule has 0 aliphatic heterocycles. The van der Waals surface area contributed by atoms with Crippen LogP contribution in [0, 0.1) is 0 Å². The highest BCUT2D eigenvalue weighted by atomic mass is 32.2. The Hall–Kier alpha value is -1.28. The van der Waals surface area contributed by atoms with Gasteiger partial charge in [-0.05, 0) is 24.6 Å². The molecule has 19 heavy (non-hydrogen) atoms. The molecule has 1 unspecified atom stereocenters. The third-order valence-corrected chi connectivity index (χ3v) is 4.25. The average molecular weight is 297 g/mol. The van der Waals surface area contributed by atoms with Crippen LogP contribution in [0.15, 0.2) is 40.1 Å². The van der Waals surface area contributed by atoms with Crippen LogP contribution in [0.5, 0.6) is 0 Å². The molecule has 0 saturated heterocycles. The summed E-state index contributed by atoms with van der Waals surface area (Å²) in [5.74, 6) is 0. The maximum Gasteiger partial charge on any atom is 0.238 e. The van der Waals surface area contributed by atoms with E-state index in [9.17, 15) is 8.42 Å². The van der Waals surface area contributed by atoms with Gasteiger partial charge in [-0.2, -0.15) is 0 Å². The zero-order valence-electron chi connectivity index (χ0n) is 10.4. The minimum absolute atomic E-state index is 0.115. The lowest BCUT2D eigenvalue weighted by Gasteiger charge is -2.11. The minimum Gasteiger partial charge on any atom is -0.305 e. The molecular formula is C12H15N3O2S2. The zero-order chi connectivity index (χ0) is 13.9. The van der Waals surface area contributed by atoms with Gasteiger partial charge in [0.1, 0.15) is 0 Å². The molecule has 0 aliphatic carbocycles. The molecule has 5 nitrogen and oxygen atoms in total. The van der Waals surface area contributed by atoms with Gasteiger partial charge >= 0.3 is 0 Å². The van der Waals surface area contributed by atoms with Crippen molar-refractivity contribution in [2.45, 2.75) is 24.4 Å². The number of rotatable bonds is 5. The van der Waals surface area contributed by atoms with Crippen LogP contribution in [-0.4, -0.2) is 13.4 Å². The molecule has 102 valence electrons. The van der Waals surface area contributed by atoms with Gasteiger partial charge in [0.25, 0.3) is 0 Å². The van der Waals surface area contributed by atoms with Gasteiger partial charge < -0.3 is 5.32 Å². The van der Waals surface area contributed by atoms with E-state index in [1.807, 2.05) is 18.4 Å². The fourth-order valence-corrected chi connectivity index (χ4v) is 2.88. The highest BCUT2D eigenvalue weighted by Crippen LogP contribution is 2.14. The molecule has 7 heteroatoms. The van der Waals surface area contributed by atoms with Crippen molar-refractivity contribution in [3.05, 3.63) is 46.4 Å². The lowest BCUT2D eigenvalue weighted by molar-refractivity contribution is 0.563. The summed E-state index contributed by atoms with van der Waals surface area (Å²) in [6.45, 7) is 2.57. The van der Waals surface area contributed by atoms with Gasteiger partial charge in [-0.1, -0.05) is 12.1 Å². The highest BCUT2D eigenvalue weighted by molar-refractivity contribution is 7.89. The molecule has 0 saturated carbocycles. The number of hydrogen-bond donors (Lipinski definition) is 2. The van der Waals surface area contributed by atoms with E-state index in [1.54, 1.807) is 29.0 Å². The van der Waals surface area contributed by atoms with Gasteiger partial charge in [0.15, 0.2) is 0 Å². The largest absolute Gasteiger partial charge is 0.305 e. The number of primary sulfonamides is 1. The van der Waals surface area contributed by atoms with Gasteiger partial charge in [0.2, 0.25) is 10.0 Å². The fraction of sp³-hybridized carbons (Fsp3) is 0.250. The van der Waals surface area contributed by atoms with E-state index in [-0.39, 0.29) is 10.9 Å². The Kier molecular flexibility index (Phi) is 4.31. The molecule has 0 spiro atoms. The Morgan fingerprint density at radius 1 is 1.47 bits per heavy atom. The molecule has 0 amide bonds. The maximum atomic E-state index is 11.3. The quantitative estimate of drug-likeness (QED) is 0.878. The van der Waals surface area contributed by atoms with Crippen LogP contribution >= 0.6 is 11.3 Å². The van der Waals surface area contributed by atoms with E-state index in [0.717, 1.165) is 11.3 Å². The molecular weight excluding hydrogens is 282 g/mol. The highest BCUT2D eigenvalue weighted by Gasteiger charge is 2.09. The summed E-state index contributed by atoms with van der Waals surface area (Å²) in [4.78, 5) is 4.36. The maximum absolute atomic E-state index is 11.3. The SMILES string of the molecule is CC(NCc1cccc(S(N)(=O)=O)c1)c1cscn1. The third-order valence-electron chi connectivity index (χ3n) is 2.73. The van der Waals surface area contributed by atoms with Gasteiger partial charge in [-0.15, -0.1) is 11.3 Å². The molecule has 1 atom stereocenters. The lowest BCUT2D eigenvalue weighted by Crippen LogP contribution is -2.19. The Morgan fingerprint density at radius 2 is 2.26 bits per heavy atom. The second kappa shape index (κ2) is 5.79. The second-order valence-corrected chi connectivity index (χ2v) is 6.49. The first-order chi connectivity index (χ1) is 8.97. The first-order valence-electron chi connectivity index (χ1n) is 5.70. The van der Waals surface area contributed by atoms with Gasteiger partial charge in [0.05, 0.1) is 16.1 Å². The number of sulfonamides is 1. The van der Waals surface area contributed by atoms with Crippen molar-refractivity contribution in [2.75, 3.05) is 0 Å². The van der Waals surface area contributed by atoms with Gasteiger partial charge in [-0.3, -0.25) is 0 Å². The van der Waals surface area contributed by atoms with Crippen molar-refractivity contribution in [3.63, 3.8) is 0 Å². The predicted molar refractivity (Wildman–Crippen MR) is 75.2 cm³/mol. The molecule has 1 aromatic carbocycles. The fourth-order valence-electron chi connectivity index (χ4n) is 1.64. The van der Waals surface area contributed by atoms with Crippen LogP contribution in [0.25, 0.3) is 0 Å². The molecule has 0 bridgehead atoms. The molecule has 0 radical (unpaired) electrons. The molecule has 0 fully saturated rings. The molecule has 0 aliphatic rings. The summed E-state index contributed by atoms with van der Waals surface area (Å²) in [5, 5.41) is 10.4. The van der Waals surface area contributed by atoms with Crippen LogP contribution in [0.4, 0.5) is 0 Å². The lowest BCUT2D eigenvalue weighted by atomic mass is 10.2. The van der Waals surface area contributed by atoms with Crippen LogP contribution in [0.3, 0.4) is 0 Å². The summed E-state index contributed by atoms with van der Waals surface area (Å²) in [6.07, 6.45) is 0. The number of aromatic nitrogens is 1. The molecule has 1 aromatic heterocycles. The normalized spacial score (nSPS) is 13.4. The van der Waals surface area contributed by atoms with Crippen LogP contribution in [0.1, 0.15) is 24.2 Å². The van der Waals surface area contributed by atoms with Crippen LogP contribution in [-0.2, 0) is 16.6 Å². The number of nitrogens with one attached hydrogen (secondary N) is 1. The van der Waals surface area contributed by atoms with Crippen molar-refractivity contribution in [1.82, 2.24) is 10.3 Å². The minimum atomic E-state index is -3.65. The Bertz CT molecular complexity index is 639. The summed E-state index contributed by atoms with van der Waals surface area (Å²) >= 11 is 1.55. The van der Waals surface area contributed by atoms with Crippen LogP contribution < -0.4 is 10.5 Å². The Labute approximate surface area is 116 Å². The summed E-state index contributed by atoms with van der Waals surface area (Å²) in [7, 11) is -3.65. The number of nitrogens with zero attached hydrogens (tertiary/aromatic N) is 1. The summed E-state index contributed by atoms with van der Waals surface area (Å²) < 4.78 is 22.5. The molecule has 2 aromatic rings. The van der Waals surface area contributed by atoms with Crippen molar-refractivity contribution in [3.8, 4) is 0 Å². The van der Waals surface area contributed by atoms with E-state index in [0.29, 0.717) is 6.54 Å². The van der Waals surface area contributed by atoms with Crippen molar-refractivity contribution < 1.29 is 8.42 Å². The standard InChI is InChI=1S/C12H15N3O2S2/c1-9(12-7-18-8-15-12)14-6-10-3-2-4-11(5-10)19(13,16)17/h2-5,7-9,14H,6H2,1H3,(H2,13,16,17). The van der Waals surface area contributed by atoms with E-state index in [1.165, 1.54) is 6.07 Å². The monoisotopic (exact) mass is 297 g/mol. The van der Waals surface area contributed by atoms with Crippen LogP contribution in [0.2, 0.25) is 0 Å². The molecule has 2 rings (SSSR count). The molecule has 3 N–H and O–H groups in total. The smallest absolute Gasteiger partial charge is 0.238 e. The second-order valence-electron chi connectivity index (χ2n) is 4.21. The topological polar surface area (TPSA) is 85.1 Å². The van der Waals surface area contributed by atoms with Gasteiger partial charge in [0, 0.05) is 18.0 Å². The van der Waals surface area contributed by atoms with E-state index in [2.05, 4.69) is 10.3 Å². The number of benzene rings is 1. The van der Waals surface area contributed by atoms with Gasteiger partial charge in [-0.25, -0.2) is 18.5 Å². The summed E-state index contributed by atoms with van der Waals surface area (Å²) in [5.41, 5.74) is 3.64. The zero-order valence-corrected chi connectivity index (χ0v) is 12.0. The number of hydrogen-bond acceptors (Lipinski definition) is 5. The number of thiazole rings is 1. The number of nitrogens with two attached hydrogens (primary N) is 1. The predicted octanol–water partition coefficient (Wildman–Crippen LogP) is 1.64. The molecule has 1 heterocycles. The van der Waals surface area contributed by atoms with Crippen molar-refractivity contribution >= 4 is 21.4 Å². The van der Waals surface area contributed by atoms with E-state index in [4.69, 9.17) is 5.14 Å². The summed E-state index contributed by atoms with van der Waals surface area (Å²) in [6, 6.07) is 6.72. The van der Waals surface area contributed by atoms with Crippen molar-refractivity contribution in [2.24, 2.45) is 5.14 Å². The van der Waals surface area contributed by atoms with E-state index < -0.39 is 10.0 Å².